The highest BCUT2D eigenvalue weighted by molar-refractivity contribution is 5.93. The van der Waals surface area contributed by atoms with Crippen LogP contribution in [0.2, 0.25) is 0 Å². The highest BCUT2D eigenvalue weighted by Gasteiger charge is 2.46. The van der Waals surface area contributed by atoms with Gasteiger partial charge in [0, 0.05) is 0 Å². The third-order valence-corrected chi connectivity index (χ3v) is 4.92. The first kappa shape index (κ1) is 10.4. The molecule has 0 aliphatic heterocycles. The van der Waals surface area contributed by atoms with Gasteiger partial charge in [0.05, 0.1) is 5.41 Å². The average Bonchev–Trinajstić information content (AvgIpc) is 2.79. The zero-order valence-corrected chi connectivity index (χ0v) is 11.1. The normalized spacial score (nSPS) is 27.3. The van der Waals surface area contributed by atoms with Crippen molar-refractivity contribution in [2.24, 2.45) is 0 Å². The zero-order chi connectivity index (χ0) is 13.2. The zero-order valence-electron chi connectivity index (χ0n) is 11.1. The van der Waals surface area contributed by atoms with Crippen molar-refractivity contribution < 1.29 is 0 Å². The first-order valence-electron chi connectivity index (χ1n) is 7.20. The Hall–Kier alpha value is -2.34. The minimum absolute atomic E-state index is 0.0316. The van der Waals surface area contributed by atoms with Gasteiger partial charge in [0.25, 0.3) is 0 Å². The average molecular weight is 254 g/mol. The molecule has 0 fully saturated rings. The van der Waals surface area contributed by atoms with Crippen LogP contribution in [-0.2, 0) is 5.41 Å². The molecule has 0 amide bonds. The molecular formula is C20H14. The molecule has 0 radical (unpaired) electrons. The quantitative estimate of drug-likeness (QED) is 0.628. The molecule has 0 saturated carbocycles. The number of hydrogen-bond acceptors (Lipinski definition) is 0. The molecule has 1 spiro atoms. The Labute approximate surface area is 118 Å². The van der Waals surface area contributed by atoms with Crippen molar-refractivity contribution in [2.75, 3.05) is 0 Å². The van der Waals surface area contributed by atoms with Gasteiger partial charge in [-0.05, 0) is 39.8 Å². The monoisotopic (exact) mass is 254 g/mol. The highest BCUT2D eigenvalue weighted by Crippen LogP contribution is 2.57. The smallest absolute Gasteiger partial charge is 0.0644 e. The molecule has 4 aliphatic rings. The van der Waals surface area contributed by atoms with Crippen LogP contribution in [0.25, 0.3) is 11.6 Å². The van der Waals surface area contributed by atoms with Crippen molar-refractivity contribution in [3.8, 4) is 0 Å². The Kier molecular flexibility index (Phi) is 1.78. The van der Waals surface area contributed by atoms with Crippen LogP contribution in [0.5, 0.6) is 0 Å². The largest absolute Gasteiger partial charge is 0.0795 e. The molecule has 4 aliphatic carbocycles. The lowest BCUT2D eigenvalue weighted by molar-refractivity contribution is 0.782. The van der Waals surface area contributed by atoms with Gasteiger partial charge in [-0.15, -0.1) is 0 Å². The van der Waals surface area contributed by atoms with Gasteiger partial charge in [0.15, 0.2) is 0 Å². The van der Waals surface area contributed by atoms with Crippen molar-refractivity contribution in [3.05, 3.63) is 94.6 Å². The highest BCUT2D eigenvalue weighted by atomic mass is 14.5. The van der Waals surface area contributed by atoms with Gasteiger partial charge in [-0.2, -0.15) is 0 Å². The predicted molar refractivity (Wildman–Crippen MR) is 84.2 cm³/mol. The summed E-state index contributed by atoms with van der Waals surface area (Å²) in [6.07, 6.45) is 21.4. The van der Waals surface area contributed by atoms with Gasteiger partial charge < -0.3 is 0 Å². The maximum atomic E-state index is 2.37. The molecule has 0 aromatic heterocycles. The molecule has 0 bridgehead atoms. The fourth-order valence-corrected chi connectivity index (χ4v) is 4.15. The number of allylic oxidation sites excluding steroid dienone is 11. The van der Waals surface area contributed by atoms with E-state index in [0.29, 0.717) is 0 Å². The summed E-state index contributed by atoms with van der Waals surface area (Å²) in [6.45, 7) is 0. The van der Waals surface area contributed by atoms with E-state index in [2.05, 4.69) is 72.9 Å². The Morgan fingerprint density at radius 1 is 0.950 bits per heavy atom. The van der Waals surface area contributed by atoms with Crippen molar-refractivity contribution in [2.45, 2.75) is 11.8 Å². The van der Waals surface area contributed by atoms with Crippen LogP contribution < -0.4 is 0 Å². The molecule has 0 saturated heterocycles. The van der Waals surface area contributed by atoms with Crippen LogP contribution in [0.4, 0.5) is 0 Å². The molecule has 20 heavy (non-hydrogen) atoms. The molecule has 0 heterocycles. The Morgan fingerprint density at radius 3 is 2.95 bits per heavy atom. The summed E-state index contributed by atoms with van der Waals surface area (Å²) >= 11 is 0. The SMILES string of the molecule is C1=CC2=CC=CC3=C4CC=Cc5cccc(c54)C23C=C1. The van der Waals surface area contributed by atoms with Crippen LogP contribution in [0.3, 0.4) is 0 Å². The minimum atomic E-state index is -0.0316. The summed E-state index contributed by atoms with van der Waals surface area (Å²) in [4.78, 5) is 0. The molecule has 5 rings (SSSR count). The predicted octanol–water partition coefficient (Wildman–Crippen LogP) is 4.73. The van der Waals surface area contributed by atoms with Crippen LogP contribution in [0, 0.1) is 0 Å². The topological polar surface area (TPSA) is 0 Å². The minimum Gasteiger partial charge on any atom is -0.0795 e. The van der Waals surface area contributed by atoms with E-state index in [9.17, 15) is 0 Å². The van der Waals surface area contributed by atoms with E-state index < -0.39 is 0 Å². The van der Waals surface area contributed by atoms with E-state index in [1.54, 1.807) is 0 Å². The fraction of sp³-hybridized carbons (Fsp3) is 0.100. The first-order valence-corrected chi connectivity index (χ1v) is 7.20. The molecule has 1 aromatic rings. The van der Waals surface area contributed by atoms with Crippen molar-refractivity contribution in [3.63, 3.8) is 0 Å². The molecule has 94 valence electrons. The Bertz CT molecular complexity index is 822. The van der Waals surface area contributed by atoms with Crippen LogP contribution in [0.15, 0.2) is 78.0 Å². The van der Waals surface area contributed by atoms with Gasteiger partial charge in [0.1, 0.15) is 0 Å². The molecule has 0 heteroatoms. The van der Waals surface area contributed by atoms with Crippen LogP contribution in [-0.4, -0.2) is 0 Å². The van der Waals surface area contributed by atoms with E-state index in [0.717, 1.165) is 6.42 Å². The van der Waals surface area contributed by atoms with Gasteiger partial charge in [-0.1, -0.05) is 72.9 Å². The van der Waals surface area contributed by atoms with Crippen molar-refractivity contribution in [1.29, 1.82) is 0 Å². The lowest BCUT2D eigenvalue weighted by atomic mass is 9.67. The molecular weight excluding hydrogens is 240 g/mol. The summed E-state index contributed by atoms with van der Waals surface area (Å²) in [6, 6.07) is 6.74. The molecule has 1 unspecified atom stereocenters. The van der Waals surface area contributed by atoms with Crippen molar-refractivity contribution in [1.82, 2.24) is 0 Å². The second-order valence-corrected chi connectivity index (χ2v) is 5.78. The summed E-state index contributed by atoms with van der Waals surface area (Å²) in [5.74, 6) is 0. The van der Waals surface area contributed by atoms with Crippen molar-refractivity contribution >= 4 is 11.6 Å². The van der Waals surface area contributed by atoms with Crippen LogP contribution in [0.1, 0.15) is 23.1 Å². The summed E-state index contributed by atoms with van der Waals surface area (Å²) in [7, 11) is 0. The summed E-state index contributed by atoms with van der Waals surface area (Å²) in [5, 5.41) is 0. The fourth-order valence-electron chi connectivity index (χ4n) is 4.15. The lowest BCUT2D eigenvalue weighted by Gasteiger charge is -2.35. The third kappa shape index (κ3) is 1.01. The number of benzene rings is 1. The van der Waals surface area contributed by atoms with Gasteiger partial charge in [-0.25, -0.2) is 0 Å². The van der Waals surface area contributed by atoms with Gasteiger partial charge >= 0.3 is 0 Å². The summed E-state index contributed by atoms with van der Waals surface area (Å²) < 4.78 is 0. The van der Waals surface area contributed by atoms with Gasteiger partial charge in [-0.3, -0.25) is 0 Å². The standard InChI is InChI=1S/C20H14/c1-2-13-20-15(8-1)9-5-11-17(20)16-10-3-6-14-7-4-12-18(20)19(14)16/h1-9,11-13H,10H2. The van der Waals surface area contributed by atoms with E-state index in [1.807, 2.05) is 0 Å². The third-order valence-electron chi connectivity index (χ3n) is 4.92. The van der Waals surface area contributed by atoms with E-state index >= 15 is 0 Å². The van der Waals surface area contributed by atoms with Gasteiger partial charge in [0.2, 0.25) is 0 Å². The Morgan fingerprint density at radius 2 is 1.95 bits per heavy atom. The molecule has 1 atom stereocenters. The molecule has 1 aromatic carbocycles. The Balaban J connectivity index is 1.97. The second kappa shape index (κ2) is 3.40. The second-order valence-electron chi connectivity index (χ2n) is 5.78. The molecule has 0 nitrogen and oxygen atoms in total. The van der Waals surface area contributed by atoms with Crippen LogP contribution >= 0.6 is 0 Å². The summed E-state index contributed by atoms with van der Waals surface area (Å²) in [5.41, 5.74) is 8.66. The lowest BCUT2D eigenvalue weighted by Crippen LogP contribution is -2.28. The first-order chi connectivity index (χ1) is 9.91. The maximum Gasteiger partial charge on any atom is 0.0644 e. The maximum absolute atomic E-state index is 2.37. The number of hydrogen-bond donors (Lipinski definition) is 0. The molecule has 0 N–H and O–H groups in total. The van der Waals surface area contributed by atoms with E-state index in [1.165, 1.54) is 33.4 Å². The number of rotatable bonds is 0. The van der Waals surface area contributed by atoms with E-state index in [4.69, 9.17) is 0 Å². The van der Waals surface area contributed by atoms with E-state index in [-0.39, 0.29) is 5.41 Å².